The minimum absolute atomic E-state index is 0.0535. The van der Waals surface area contributed by atoms with Crippen LogP contribution in [0.4, 0.5) is 5.82 Å². The van der Waals surface area contributed by atoms with E-state index in [0.29, 0.717) is 29.7 Å². The summed E-state index contributed by atoms with van der Waals surface area (Å²) in [4.78, 5) is 24.0. The Labute approximate surface area is 174 Å². The van der Waals surface area contributed by atoms with Crippen LogP contribution in [0.2, 0.25) is 5.02 Å². The van der Waals surface area contributed by atoms with Gasteiger partial charge in [-0.2, -0.15) is 4.98 Å². The summed E-state index contributed by atoms with van der Waals surface area (Å²) in [7, 11) is 0. The van der Waals surface area contributed by atoms with E-state index in [1.807, 2.05) is 38.1 Å². The van der Waals surface area contributed by atoms with Crippen molar-refractivity contribution in [3.63, 3.8) is 0 Å². The maximum absolute atomic E-state index is 12.8. The molecule has 2 aromatic heterocycles. The van der Waals surface area contributed by atoms with Gasteiger partial charge in [0.25, 0.3) is 5.71 Å². The molecule has 4 rings (SSSR count). The molecule has 0 unspecified atom stereocenters. The van der Waals surface area contributed by atoms with Crippen LogP contribution in [0.15, 0.2) is 28.8 Å². The summed E-state index contributed by atoms with van der Waals surface area (Å²) in [6, 6.07) is 7.54. The van der Waals surface area contributed by atoms with Gasteiger partial charge in [-0.3, -0.25) is 4.79 Å². The number of hydrogen-bond acceptors (Lipinski definition) is 6. The first-order valence-corrected chi connectivity index (χ1v) is 10.3. The maximum atomic E-state index is 12.8. The van der Waals surface area contributed by atoms with Crippen LogP contribution in [0, 0.1) is 12.8 Å². The largest absolute Gasteiger partial charge is 0.355 e. The highest BCUT2D eigenvalue weighted by molar-refractivity contribution is 6.30. The first kappa shape index (κ1) is 19.6. The summed E-state index contributed by atoms with van der Waals surface area (Å²) in [5, 5.41) is 8.72. The molecule has 1 aliphatic heterocycles. The molecule has 1 aliphatic rings. The number of benzene rings is 1. The zero-order valence-corrected chi connectivity index (χ0v) is 17.4. The van der Waals surface area contributed by atoms with Crippen LogP contribution in [0.3, 0.4) is 0 Å². The first-order chi connectivity index (χ1) is 14.0. The predicted octanol–water partition coefficient (Wildman–Crippen LogP) is 3.67. The molecule has 0 aliphatic carbocycles. The number of hydrogen-bond donors (Lipinski definition) is 1. The number of nitrogens with zero attached hydrogens (tertiary/aromatic N) is 4. The Morgan fingerprint density at radius 3 is 3.03 bits per heavy atom. The van der Waals surface area contributed by atoms with Gasteiger partial charge in [-0.1, -0.05) is 35.8 Å². The third-order valence-electron chi connectivity index (χ3n) is 5.28. The van der Waals surface area contributed by atoms with Crippen LogP contribution in [0.25, 0.3) is 11.1 Å². The van der Waals surface area contributed by atoms with Gasteiger partial charge in [0, 0.05) is 24.7 Å². The van der Waals surface area contributed by atoms with Crippen molar-refractivity contribution in [2.45, 2.75) is 39.7 Å². The topological polar surface area (TPSA) is 84.2 Å². The molecule has 0 spiro atoms. The fourth-order valence-corrected chi connectivity index (χ4v) is 4.04. The van der Waals surface area contributed by atoms with Gasteiger partial charge >= 0.3 is 0 Å². The zero-order valence-electron chi connectivity index (χ0n) is 16.6. The fraction of sp³-hybridized carbons (Fsp3) is 0.429. The number of anilines is 1. The number of fused-ring (bicyclic) bond motifs is 1. The first-order valence-electron chi connectivity index (χ1n) is 9.95. The number of halogens is 1. The number of carbonyl (C=O) groups excluding carboxylic acids is 1. The summed E-state index contributed by atoms with van der Waals surface area (Å²) < 4.78 is 5.41. The molecule has 152 valence electrons. The number of aryl methyl sites for hydroxylation is 2. The Morgan fingerprint density at radius 1 is 1.38 bits per heavy atom. The molecule has 1 N–H and O–H groups in total. The average Bonchev–Trinajstić information content (AvgIpc) is 3.14. The van der Waals surface area contributed by atoms with Crippen molar-refractivity contribution in [2.24, 2.45) is 5.92 Å². The summed E-state index contributed by atoms with van der Waals surface area (Å²) in [5.74, 6) is 1.41. The predicted molar refractivity (Wildman–Crippen MR) is 112 cm³/mol. The maximum Gasteiger partial charge on any atom is 0.263 e. The molecular weight excluding hydrogens is 390 g/mol. The lowest BCUT2D eigenvalue weighted by atomic mass is 9.96. The zero-order chi connectivity index (χ0) is 20.4. The van der Waals surface area contributed by atoms with E-state index in [9.17, 15) is 4.79 Å². The van der Waals surface area contributed by atoms with Crippen molar-refractivity contribution in [2.75, 3.05) is 18.0 Å². The molecular formula is C21H24ClN5O2. The van der Waals surface area contributed by atoms with E-state index in [1.54, 1.807) is 0 Å². The lowest BCUT2D eigenvalue weighted by Crippen LogP contribution is -2.43. The van der Waals surface area contributed by atoms with Crippen LogP contribution in [-0.2, 0) is 17.8 Å². The highest BCUT2D eigenvalue weighted by Gasteiger charge is 2.29. The van der Waals surface area contributed by atoms with Gasteiger partial charge in [0.15, 0.2) is 0 Å². The van der Waals surface area contributed by atoms with Crippen molar-refractivity contribution in [3.05, 3.63) is 46.4 Å². The molecule has 3 aromatic rings. The lowest BCUT2D eigenvalue weighted by molar-refractivity contribution is -0.125. The van der Waals surface area contributed by atoms with Crippen LogP contribution in [0.5, 0.6) is 0 Å². The molecule has 0 bridgehead atoms. The Morgan fingerprint density at radius 2 is 2.24 bits per heavy atom. The van der Waals surface area contributed by atoms with Gasteiger partial charge < -0.3 is 14.7 Å². The van der Waals surface area contributed by atoms with E-state index in [4.69, 9.17) is 16.1 Å². The van der Waals surface area contributed by atoms with Crippen molar-refractivity contribution in [1.29, 1.82) is 0 Å². The molecule has 29 heavy (non-hydrogen) atoms. The van der Waals surface area contributed by atoms with Crippen molar-refractivity contribution in [3.8, 4) is 0 Å². The van der Waals surface area contributed by atoms with Crippen LogP contribution < -0.4 is 10.2 Å². The van der Waals surface area contributed by atoms with E-state index < -0.39 is 0 Å². The van der Waals surface area contributed by atoms with Gasteiger partial charge in [-0.05, 0) is 43.9 Å². The molecule has 7 nitrogen and oxygen atoms in total. The van der Waals surface area contributed by atoms with Crippen LogP contribution in [-0.4, -0.2) is 34.1 Å². The summed E-state index contributed by atoms with van der Waals surface area (Å²) in [6.45, 7) is 5.80. The molecule has 8 heteroatoms. The number of piperidine rings is 1. The van der Waals surface area contributed by atoms with Gasteiger partial charge in [0.1, 0.15) is 17.0 Å². The standard InChI is InChI=1S/C21H24ClN5O2/c1-3-17-18-19(24-13(2)25-21(18)29-26-17)27-9-5-7-15(12-27)20(28)23-11-14-6-4-8-16(22)10-14/h4,6,8,10,15H,3,5,7,9,11-12H2,1-2H3,(H,23,28)/t15-/m0/s1. The van der Waals surface area contributed by atoms with Gasteiger partial charge in [-0.25, -0.2) is 4.98 Å². The second kappa shape index (κ2) is 8.37. The molecule has 1 aromatic carbocycles. The molecule has 3 heterocycles. The number of amides is 1. The minimum Gasteiger partial charge on any atom is -0.355 e. The van der Waals surface area contributed by atoms with E-state index >= 15 is 0 Å². The average molecular weight is 414 g/mol. The SMILES string of the molecule is CCc1noc2nc(C)nc(N3CCC[C@H](C(=O)NCc4cccc(Cl)c4)C3)c12. The van der Waals surface area contributed by atoms with E-state index in [-0.39, 0.29) is 11.8 Å². The van der Waals surface area contributed by atoms with E-state index in [2.05, 4.69) is 25.3 Å². The van der Waals surface area contributed by atoms with Crippen molar-refractivity contribution in [1.82, 2.24) is 20.4 Å². The number of nitrogens with one attached hydrogen (secondary N) is 1. The minimum atomic E-state index is -0.0989. The van der Waals surface area contributed by atoms with E-state index in [0.717, 1.165) is 48.3 Å². The van der Waals surface area contributed by atoms with E-state index in [1.165, 1.54) is 0 Å². The molecule has 1 amide bonds. The fourth-order valence-electron chi connectivity index (χ4n) is 3.83. The van der Waals surface area contributed by atoms with Gasteiger partial charge in [-0.15, -0.1) is 0 Å². The lowest BCUT2D eigenvalue weighted by Gasteiger charge is -2.33. The third kappa shape index (κ3) is 4.19. The molecule has 1 fully saturated rings. The Balaban J connectivity index is 1.50. The van der Waals surface area contributed by atoms with Gasteiger partial charge in [0.2, 0.25) is 5.91 Å². The molecule has 1 saturated heterocycles. The van der Waals surface area contributed by atoms with Gasteiger partial charge in [0.05, 0.1) is 11.6 Å². The smallest absolute Gasteiger partial charge is 0.263 e. The number of aromatic nitrogens is 3. The third-order valence-corrected chi connectivity index (χ3v) is 5.52. The Bertz CT molecular complexity index is 1040. The summed E-state index contributed by atoms with van der Waals surface area (Å²) in [5.41, 5.74) is 2.35. The highest BCUT2D eigenvalue weighted by Crippen LogP contribution is 2.31. The highest BCUT2D eigenvalue weighted by atomic mass is 35.5. The van der Waals surface area contributed by atoms with Crippen molar-refractivity contribution >= 4 is 34.4 Å². The molecule has 0 saturated carbocycles. The normalized spacial score (nSPS) is 16.9. The Kier molecular flexibility index (Phi) is 5.67. The van der Waals surface area contributed by atoms with Crippen LogP contribution in [0.1, 0.15) is 36.8 Å². The summed E-state index contributed by atoms with van der Waals surface area (Å²) >= 11 is 6.03. The molecule has 0 radical (unpaired) electrons. The number of rotatable bonds is 5. The summed E-state index contributed by atoms with van der Waals surface area (Å²) in [6.07, 6.45) is 2.52. The second-order valence-corrected chi connectivity index (χ2v) is 7.83. The van der Waals surface area contributed by atoms with Crippen molar-refractivity contribution < 1.29 is 9.32 Å². The Hall–Kier alpha value is -2.67. The quantitative estimate of drug-likeness (QED) is 0.686. The molecule has 1 atom stereocenters. The van der Waals surface area contributed by atoms with Crippen LogP contribution >= 0.6 is 11.6 Å². The monoisotopic (exact) mass is 413 g/mol. The number of carbonyl (C=O) groups is 1. The second-order valence-electron chi connectivity index (χ2n) is 7.39.